The van der Waals surface area contributed by atoms with E-state index >= 15 is 0 Å². The second kappa shape index (κ2) is 7.53. The average Bonchev–Trinajstić information content (AvgIpc) is 3.08. The second-order valence-corrected chi connectivity index (χ2v) is 10.1. The molecule has 1 N–H and O–H groups in total. The summed E-state index contributed by atoms with van der Waals surface area (Å²) in [5.41, 5.74) is 3.11. The van der Waals surface area contributed by atoms with Gasteiger partial charge in [-0.25, -0.2) is 4.98 Å². The lowest BCUT2D eigenvalue weighted by atomic mass is 9.40. The maximum atomic E-state index is 13.2. The smallest absolute Gasteiger partial charge is 0.275 e. The molecule has 1 saturated heterocycles. The molecule has 1 atom stereocenters. The van der Waals surface area contributed by atoms with E-state index in [1.165, 1.54) is 6.08 Å². The van der Waals surface area contributed by atoms with Crippen LogP contribution in [0.3, 0.4) is 0 Å². The summed E-state index contributed by atoms with van der Waals surface area (Å²) in [7, 11) is 0. The van der Waals surface area contributed by atoms with Crippen molar-refractivity contribution in [3.63, 3.8) is 0 Å². The standard InChI is InChI=1S/C26H24N6O3/c1-15-9-17(5-3-6-27)10-16(2)20(15)35-21-18-19(22(33)32-7-4-8-34-23(18)32)29-24(30-21)31-26-11-25(12-26,13-26)14-28/h3,5,9-10,23H,4,7-8,11-13H2,1-2H3,(H,29,30,31)/b5-3+. The van der Waals surface area contributed by atoms with Crippen LogP contribution in [0.2, 0.25) is 0 Å². The van der Waals surface area contributed by atoms with Gasteiger partial charge < -0.3 is 19.7 Å². The number of carbonyl (C=O) groups excluding carboxylic acids is 1. The fraction of sp³-hybridized carbons (Fsp3) is 0.423. The molecule has 9 heteroatoms. The van der Waals surface area contributed by atoms with Crippen molar-refractivity contribution in [2.45, 2.75) is 51.3 Å². The Hall–Kier alpha value is -3.95. The Morgan fingerprint density at radius 3 is 2.66 bits per heavy atom. The van der Waals surface area contributed by atoms with Gasteiger partial charge in [0.25, 0.3) is 5.91 Å². The lowest BCUT2D eigenvalue weighted by Gasteiger charge is -2.66. The van der Waals surface area contributed by atoms with E-state index in [4.69, 9.17) is 19.7 Å². The van der Waals surface area contributed by atoms with Crippen LogP contribution in [0.15, 0.2) is 18.2 Å². The van der Waals surface area contributed by atoms with Crippen molar-refractivity contribution in [1.82, 2.24) is 14.9 Å². The van der Waals surface area contributed by atoms with Crippen molar-refractivity contribution in [3.8, 4) is 23.8 Å². The predicted octanol–water partition coefficient (Wildman–Crippen LogP) is 4.16. The summed E-state index contributed by atoms with van der Waals surface area (Å²) in [5.74, 6) is 1.09. The number of aryl methyl sites for hydroxylation is 2. The number of carbonyl (C=O) groups is 1. The first-order valence-electron chi connectivity index (χ1n) is 11.8. The van der Waals surface area contributed by atoms with Gasteiger partial charge in [0.05, 0.1) is 29.7 Å². The molecule has 2 aliphatic heterocycles. The number of ether oxygens (including phenoxy) is 2. The number of hydrogen-bond acceptors (Lipinski definition) is 8. The van der Waals surface area contributed by atoms with Crippen LogP contribution < -0.4 is 10.1 Å². The molecular weight excluding hydrogens is 444 g/mol. The Kier molecular flexibility index (Phi) is 4.64. The third-order valence-electron chi connectivity index (χ3n) is 7.40. The fourth-order valence-electron chi connectivity index (χ4n) is 5.94. The highest BCUT2D eigenvalue weighted by molar-refractivity contribution is 5.98. The van der Waals surface area contributed by atoms with Gasteiger partial charge in [-0.2, -0.15) is 15.5 Å². The van der Waals surface area contributed by atoms with Gasteiger partial charge >= 0.3 is 0 Å². The van der Waals surface area contributed by atoms with Crippen molar-refractivity contribution < 1.29 is 14.3 Å². The van der Waals surface area contributed by atoms with Crippen LogP contribution in [0.1, 0.15) is 64.7 Å². The SMILES string of the molecule is Cc1cc(/C=C/C#N)cc(C)c1Oc1nc(NC23CC(C#N)(C2)C3)nc2c1C1OCCCN1C2=O. The molecule has 1 amide bonds. The van der Waals surface area contributed by atoms with Gasteiger partial charge in [-0.15, -0.1) is 0 Å². The molecule has 35 heavy (non-hydrogen) atoms. The molecule has 0 radical (unpaired) electrons. The maximum absolute atomic E-state index is 13.2. The number of amides is 1. The molecule has 2 bridgehead atoms. The largest absolute Gasteiger partial charge is 0.438 e. The third-order valence-corrected chi connectivity index (χ3v) is 7.40. The van der Waals surface area contributed by atoms with Crippen LogP contribution in [-0.4, -0.2) is 39.5 Å². The molecule has 176 valence electrons. The van der Waals surface area contributed by atoms with Crippen molar-refractivity contribution in [2.75, 3.05) is 18.5 Å². The Labute approximate surface area is 203 Å². The Balaban J connectivity index is 1.39. The van der Waals surface area contributed by atoms with E-state index in [0.717, 1.165) is 42.4 Å². The van der Waals surface area contributed by atoms with Crippen LogP contribution >= 0.6 is 0 Å². The molecule has 3 heterocycles. The normalized spacial score (nSPS) is 27.8. The topological polar surface area (TPSA) is 124 Å². The Morgan fingerprint density at radius 1 is 1.23 bits per heavy atom. The molecule has 4 fully saturated rings. The molecule has 7 rings (SSSR count). The first-order chi connectivity index (χ1) is 16.9. The monoisotopic (exact) mass is 468 g/mol. The van der Waals surface area contributed by atoms with Crippen LogP contribution in [0.5, 0.6) is 11.6 Å². The summed E-state index contributed by atoms with van der Waals surface area (Å²) in [4.78, 5) is 24.2. The van der Waals surface area contributed by atoms with Crippen LogP contribution in [0.25, 0.3) is 6.08 Å². The maximum Gasteiger partial charge on any atom is 0.275 e. The molecule has 9 nitrogen and oxygen atoms in total. The quantitative estimate of drug-likeness (QED) is 0.649. The van der Waals surface area contributed by atoms with Gasteiger partial charge in [0.1, 0.15) is 11.4 Å². The molecule has 1 aromatic carbocycles. The lowest BCUT2D eigenvalue weighted by Crippen LogP contribution is -2.70. The molecule has 1 unspecified atom stereocenters. The molecule has 0 spiro atoms. The van der Waals surface area contributed by atoms with Crippen LogP contribution in [-0.2, 0) is 4.74 Å². The van der Waals surface area contributed by atoms with E-state index in [1.54, 1.807) is 11.0 Å². The zero-order chi connectivity index (χ0) is 24.4. The fourth-order valence-corrected chi connectivity index (χ4v) is 5.94. The minimum Gasteiger partial charge on any atom is -0.438 e. The number of rotatable bonds is 5. The highest BCUT2D eigenvalue weighted by atomic mass is 16.5. The second-order valence-electron chi connectivity index (χ2n) is 10.1. The van der Waals surface area contributed by atoms with Gasteiger partial charge in [0.2, 0.25) is 11.8 Å². The van der Waals surface area contributed by atoms with Crippen molar-refractivity contribution in [2.24, 2.45) is 5.41 Å². The zero-order valence-corrected chi connectivity index (χ0v) is 19.6. The van der Waals surface area contributed by atoms with Crippen molar-refractivity contribution in [1.29, 1.82) is 10.5 Å². The number of nitriles is 2. The Bertz CT molecular complexity index is 1340. The number of anilines is 1. The van der Waals surface area contributed by atoms with Gasteiger partial charge in [-0.1, -0.05) is 0 Å². The minimum atomic E-state index is -0.564. The number of allylic oxidation sites excluding steroid dienone is 1. The first kappa shape index (κ1) is 21.6. The molecule has 5 aliphatic rings. The van der Waals surface area contributed by atoms with E-state index in [-0.39, 0.29) is 16.9 Å². The molecule has 3 aliphatic carbocycles. The number of nitrogens with zero attached hydrogens (tertiary/aromatic N) is 5. The van der Waals surface area contributed by atoms with Crippen LogP contribution in [0, 0.1) is 41.9 Å². The zero-order valence-electron chi connectivity index (χ0n) is 19.6. The number of benzene rings is 1. The summed E-state index contributed by atoms with van der Waals surface area (Å²) < 4.78 is 12.4. The number of hydrogen-bond donors (Lipinski definition) is 1. The van der Waals surface area contributed by atoms with Crippen LogP contribution in [0.4, 0.5) is 5.95 Å². The third kappa shape index (κ3) is 3.27. The molecule has 1 aromatic heterocycles. The van der Waals surface area contributed by atoms with Gasteiger partial charge in [0.15, 0.2) is 6.23 Å². The first-order valence-corrected chi connectivity index (χ1v) is 11.8. The van der Waals surface area contributed by atoms with Crippen molar-refractivity contribution in [3.05, 3.63) is 46.2 Å². The summed E-state index contributed by atoms with van der Waals surface area (Å²) in [5, 5.41) is 21.6. The summed E-state index contributed by atoms with van der Waals surface area (Å²) >= 11 is 0. The van der Waals surface area contributed by atoms with E-state index in [2.05, 4.69) is 16.4 Å². The number of fused-ring (bicyclic) bond motifs is 3. The summed E-state index contributed by atoms with van der Waals surface area (Å²) in [6, 6.07) is 8.29. The van der Waals surface area contributed by atoms with Gasteiger partial charge in [-0.3, -0.25) is 4.79 Å². The van der Waals surface area contributed by atoms with Gasteiger partial charge in [0, 0.05) is 18.2 Å². The average molecular weight is 469 g/mol. The Morgan fingerprint density at radius 2 is 1.97 bits per heavy atom. The number of nitrogens with one attached hydrogen (secondary N) is 1. The highest BCUT2D eigenvalue weighted by Gasteiger charge is 2.69. The predicted molar refractivity (Wildman–Crippen MR) is 125 cm³/mol. The lowest BCUT2D eigenvalue weighted by molar-refractivity contribution is -0.0724. The van der Waals surface area contributed by atoms with E-state index in [0.29, 0.717) is 42.0 Å². The summed E-state index contributed by atoms with van der Waals surface area (Å²) in [6.07, 6.45) is 5.66. The molecule has 2 aromatic rings. The van der Waals surface area contributed by atoms with Crippen molar-refractivity contribution >= 4 is 17.9 Å². The van der Waals surface area contributed by atoms with E-state index < -0.39 is 6.23 Å². The van der Waals surface area contributed by atoms with E-state index in [9.17, 15) is 10.1 Å². The summed E-state index contributed by atoms with van der Waals surface area (Å²) in [6.45, 7) is 5.01. The van der Waals surface area contributed by atoms with E-state index in [1.807, 2.05) is 32.0 Å². The van der Waals surface area contributed by atoms with Gasteiger partial charge in [-0.05, 0) is 74.4 Å². The molecule has 3 saturated carbocycles. The number of aromatic nitrogens is 2. The minimum absolute atomic E-state index is 0.184. The highest BCUT2D eigenvalue weighted by Crippen LogP contribution is 2.67. The molecular formula is C26H24N6O3.